The molecule has 26 heavy (non-hydrogen) atoms. The minimum absolute atomic E-state index is 0.0210. The summed E-state index contributed by atoms with van der Waals surface area (Å²) in [4.78, 5) is 25.2. The number of carbonyl (C=O) groups is 1. The number of H-pyrrole nitrogens is 1. The molecule has 1 amide bonds. The summed E-state index contributed by atoms with van der Waals surface area (Å²) in [7, 11) is 0. The van der Waals surface area contributed by atoms with Crippen LogP contribution >= 0.6 is 11.8 Å². The quantitative estimate of drug-likeness (QED) is 0.612. The van der Waals surface area contributed by atoms with Gasteiger partial charge in [-0.15, -0.1) is 0 Å². The summed E-state index contributed by atoms with van der Waals surface area (Å²) < 4.78 is 0. The van der Waals surface area contributed by atoms with Crippen molar-refractivity contribution in [3.63, 3.8) is 0 Å². The minimum atomic E-state index is -0.0210. The van der Waals surface area contributed by atoms with Gasteiger partial charge in [-0.05, 0) is 38.9 Å². The van der Waals surface area contributed by atoms with Crippen LogP contribution in [0.2, 0.25) is 0 Å². The minimum Gasteiger partial charge on any atom is -0.348 e. The lowest BCUT2D eigenvalue weighted by Gasteiger charge is -2.50. The highest BCUT2D eigenvalue weighted by atomic mass is 32.2. The fourth-order valence-electron chi connectivity index (χ4n) is 4.16. The van der Waals surface area contributed by atoms with E-state index in [4.69, 9.17) is 4.98 Å². The SMILES string of the molecule is CCCSCC(=O)N1CCC2(CC1)c1nc[nH]c1CCN2CC=C(C)C. The molecule has 1 spiro atoms. The van der Waals surface area contributed by atoms with E-state index in [0.717, 1.165) is 57.6 Å². The number of amides is 1. The number of carbonyl (C=O) groups excluding carboxylic acids is 1. The predicted octanol–water partition coefficient (Wildman–Crippen LogP) is 3.19. The van der Waals surface area contributed by atoms with Gasteiger partial charge < -0.3 is 9.88 Å². The molecule has 144 valence electrons. The molecule has 0 atom stereocenters. The van der Waals surface area contributed by atoms with Crippen molar-refractivity contribution >= 4 is 17.7 Å². The first-order chi connectivity index (χ1) is 12.6. The highest BCUT2D eigenvalue weighted by molar-refractivity contribution is 7.99. The maximum atomic E-state index is 12.5. The van der Waals surface area contributed by atoms with E-state index in [1.54, 1.807) is 11.8 Å². The number of fused-ring (bicyclic) bond motifs is 2. The molecule has 3 rings (SSSR count). The molecule has 0 unspecified atom stereocenters. The third-order valence-corrected chi connectivity index (χ3v) is 6.78. The van der Waals surface area contributed by atoms with E-state index in [1.807, 2.05) is 6.33 Å². The van der Waals surface area contributed by atoms with E-state index in [9.17, 15) is 4.79 Å². The zero-order chi connectivity index (χ0) is 18.6. The Labute approximate surface area is 161 Å². The number of aromatic nitrogens is 2. The second kappa shape index (κ2) is 8.61. The summed E-state index contributed by atoms with van der Waals surface area (Å²) in [6.07, 6.45) is 8.28. The largest absolute Gasteiger partial charge is 0.348 e. The van der Waals surface area contributed by atoms with Crippen molar-refractivity contribution in [3.05, 3.63) is 29.4 Å². The zero-order valence-electron chi connectivity index (χ0n) is 16.4. The molecule has 0 aromatic carbocycles. The van der Waals surface area contributed by atoms with Crippen LogP contribution < -0.4 is 0 Å². The van der Waals surface area contributed by atoms with Gasteiger partial charge in [0.25, 0.3) is 0 Å². The molecule has 0 bridgehead atoms. The summed E-state index contributed by atoms with van der Waals surface area (Å²) in [5.41, 5.74) is 3.84. The van der Waals surface area contributed by atoms with Crippen molar-refractivity contribution in [2.24, 2.45) is 0 Å². The molecule has 0 aliphatic carbocycles. The Hall–Kier alpha value is -1.27. The fraction of sp³-hybridized carbons (Fsp3) is 0.700. The Kier molecular flexibility index (Phi) is 6.46. The van der Waals surface area contributed by atoms with E-state index in [0.29, 0.717) is 11.7 Å². The van der Waals surface area contributed by atoms with E-state index < -0.39 is 0 Å². The number of imidazole rings is 1. The summed E-state index contributed by atoms with van der Waals surface area (Å²) in [6, 6.07) is 0. The van der Waals surface area contributed by atoms with Gasteiger partial charge in [0.05, 0.1) is 23.3 Å². The molecule has 1 N–H and O–H groups in total. The number of piperidine rings is 1. The van der Waals surface area contributed by atoms with Gasteiger partial charge >= 0.3 is 0 Å². The maximum absolute atomic E-state index is 12.5. The van der Waals surface area contributed by atoms with E-state index in [-0.39, 0.29) is 5.54 Å². The number of nitrogens with one attached hydrogen (secondary N) is 1. The van der Waals surface area contributed by atoms with Crippen LogP contribution in [0.5, 0.6) is 0 Å². The summed E-state index contributed by atoms with van der Waals surface area (Å²) in [6.45, 7) is 10.2. The van der Waals surface area contributed by atoms with Crippen LogP contribution in [-0.4, -0.2) is 63.4 Å². The van der Waals surface area contributed by atoms with Crippen molar-refractivity contribution in [1.29, 1.82) is 0 Å². The second-order valence-corrected chi connectivity index (χ2v) is 8.78. The number of aromatic amines is 1. The summed E-state index contributed by atoms with van der Waals surface area (Å²) in [5.74, 6) is 1.99. The van der Waals surface area contributed by atoms with Crippen LogP contribution in [0.3, 0.4) is 0 Å². The molecule has 3 heterocycles. The van der Waals surface area contributed by atoms with Gasteiger partial charge in [-0.3, -0.25) is 9.69 Å². The van der Waals surface area contributed by atoms with Gasteiger partial charge in [-0.25, -0.2) is 4.98 Å². The van der Waals surface area contributed by atoms with Crippen LogP contribution in [-0.2, 0) is 16.8 Å². The Balaban J connectivity index is 1.72. The van der Waals surface area contributed by atoms with Crippen LogP contribution in [0.1, 0.15) is 51.4 Å². The van der Waals surface area contributed by atoms with Crippen molar-refractivity contribution < 1.29 is 4.79 Å². The average Bonchev–Trinajstić information content (AvgIpc) is 3.12. The number of thioether (sulfide) groups is 1. The molecule has 5 nitrogen and oxygen atoms in total. The number of rotatable bonds is 6. The van der Waals surface area contributed by atoms with E-state index in [1.165, 1.54) is 17.0 Å². The summed E-state index contributed by atoms with van der Waals surface area (Å²) >= 11 is 1.76. The van der Waals surface area contributed by atoms with Gasteiger partial charge in [0.1, 0.15) is 0 Å². The van der Waals surface area contributed by atoms with E-state index in [2.05, 4.69) is 41.6 Å². The maximum Gasteiger partial charge on any atom is 0.232 e. The number of hydrogen-bond donors (Lipinski definition) is 1. The van der Waals surface area contributed by atoms with Gasteiger partial charge in [0, 0.05) is 38.3 Å². The molecular weight excluding hydrogens is 344 g/mol. The third-order valence-electron chi connectivity index (χ3n) is 5.63. The molecule has 0 saturated carbocycles. The third kappa shape index (κ3) is 4.01. The van der Waals surface area contributed by atoms with Crippen LogP contribution in [0, 0.1) is 0 Å². The van der Waals surface area contributed by atoms with Gasteiger partial charge in [0.2, 0.25) is 5.91 Å². The smallest absolute Gasteiger partial charge is 0.232 e. The van der Waals surface area contributed by atoms with Crippen molar-refractivity contribution in [2.45, 2.75) is 52.0 Å². The first-order valence-electron chi connectivity index (χ1n) is 9.83. The number of hydrogen-bond acceptors (Lipinski definition) is 4. The average molecular weight is 377 g/mol. The molecule has 6 heteroatoms. The van der Waals surface area contributed by atoms with E-state index >= 15 is 0 Å². The van der Waals surface area contributed by atoms with Crippen molar-refractivity contribution in [1.82, 2.24) is 19.8 Å². The lowest BCUT2D eigenvalue weighted by atomic mass is 9.78. The van der Waals surface area contributed by atoms with Gasteiger partial charge in [-0.2, -0.15) is 11.8 Å². The molecule has 1 aromatic heterocycles. The molecule has 2 aliphatic rings. The zero-order valence-corrected chi connectivity index (χ0v) is 17.2. The Morgan fingerprint density at radius 3 is 2.81 bits per heavy atom. The molecule has 0 radical (unpaired) electrons. The topological polar surface area (TPSA) is 52.2 Å². The molecule has 2 aliphatic heterocycles. The van der Waals surface area contributed by atoms with Crippen molar-refractivity contribution in [3.8, 4) is 0 Å². The molecule has 1 saturated heterocycles. The lowest BCUT2D eigenvalue weighted by molar-refractivity contribution is -0.131. The predicted molar refractivity (Wildman–Crippen MR) is 108 cm³/mol. The Morgan fingerprint density at radius 1 is 1.35 bits per heavy atom. The first kappa shape index (κ1) is 19.5. The monoisotopic (exact) mass is 376 g/mol. The molecule has 1 fully saturated rings. The molecule has 1 aromatic rings. The highest BCUT2D eigenvalue weighted by Crippen LogP contribution is 2.42. The van der Waals surface area contributed by atoms with Gasteiger partial charge in [0.15, 0.2) is 0 Å². The second-order valence-electron chi connectivity index (χ2n) is 7.67. The normalized spacial score (nSPS) is 19.4. The van der Waals surface area contributed by atoms with Crippen LogP contribution in [0.15, 0.2) is 18.0 Å². The number of allylic oxidation sites excluding steroid dienone is 1. The fourth-order valence-corrected chi connectivity index (χ4v) is 4.95. The highest BCUT2D eigenvalue weighted by Gasteiger charge is 2.46. The standard InChI is InChI=1S/C20H32N4OS/c1-4-13-26-14-18(25)23-11-7-20(8-12-23)19-17(21-15-22-19)6-10-24(20)9-5-16(2)3/h5,15H,4,6-14H2,1-3H3,(H,21,22). The first-order valence-corrected chi connectivity index (χ1v) is 11.0. The van der Waals surface area contributed by atoms with Gasteiger partial charge in [-0.1, -0.05) is 18.6 Å². The number of likely N-dealkylation sites (tertiary alicyclic amines) is 1. The molecular formula is C20H32N4OS. The lowest BCUT2D eigenvalue weighted by Crippen LogP contribution is -2.57. The van der Waals surface area contributed by atoms with Crippen molar-refractivity contribution in [2.75, 3.05) is 37.7 Å². The number of nitrogens with zero attached hydrogens (tertiary/aromatic N) is 3. The Bertz CT molecular complexity index is 642. The Morgan fingerprint density at radius 2 is 2.12 bits per heavy atom. The summed E-state index contributed by atoms with van der Waals surface area (Å²) in [5, 5.41) is 0. The van der Waals surface area contributed by atoms with Crippen LogP contribution in [0.25, 0.3) is 0 Å². The van der Waals surface area contributed by atoms with Crippen LogP contribution in [0.4, 0.5) is 0 Å².